The van der Waals surface area contributed by atoms with Gasteiger partial charge in [0.2, 0.25) is 0 Å². The van der Waals surface area contributed by atoms with Gasteiger partial charge in [-0.05, 0) is 6.16 Å². The summed E-state index contributed by atoms with van der Waals surface area (Å²) in [5.41, 5.74) is 0. The Morgan fingerprint density at radius 1 is 1.40 bits per heavy atom. The monoisotopic (exact) mass is 157 g/mol. The lowest BCUT2D eigenvalue weighted by Gasteiger charge is -1.79. The fourth-order valence-corrected chi connectivity index (χ4v) is 0.637. The maximum atomic E-state index is 7.48. The first-order valence-corrected chi connectivity index (χ1v) is 3.88. The van der Waals surface area contributed by atoms with Gasteiger partial charge in [-0.15, -0.1) is 9.24 Å². The van der Waals surface area contributed by atoms with Crippen LogP contribution in [0.25, 0.3) is 0 Å². The van der Waals surface area contributed by atoms with E-state index in [9.17, 15) is 0 Å². The molecule has 0 bridgehead atoms. The van der Waals surface area contributed by atoms with E-state index in [0.29, 0.717) is 0 Å². The zero-order valence-corrected chi connectivity index (χ0v) is 7.25. The molecule has 0 fully saturated rings. The highest BCUT2D eigenvalue weighted by Crippen LogP contribution is 1.89. The van der Waals surface area contributed by atoms with Crippen molar-refractivity contribution in [1.82, 2.24) is 5.32 Å². The van der Waals surface area contributed by atoms with E-state index < -0.39 is 0 Å². The second kappa shape index (κ2) is 15.7. The molecule has 0 spiro atoms. The SMILES string of the molecule is CCCCP.N#CNC#N. The second-order valence-electron chi connectivity index (χ2n) is 1.49. The van der Waals surface area contributed by atoms with E-state index in [4.69, 9.17) is 10.5 Å². The lowest BCUT2D eigenvalue weighted by Crippen LogP contribution is -1.88. The molecule has 3 nitrogen and oxygen atoms in total. The van der Waals surface area contributed by atoms with Gasteiger partial charge in [-0.1, -0.05) is 19.8 Å². The molecule has 0 amide bonds. The van der Waals surface area contributed by atoms with Crippen molar-refractivity contribution in [3.63, 3.8) is 0 Å². The summed E-state index contributed by atoms with van der Waals surface area (Å²) in [4.78, 5) is 0. The third kappa shape index (κ3) is 27.0. The van der Waals surface area contributed by atoms with E-state index >= 15 is 0 Å². The van der Waals surface area contributed by atoms with Crippen LogP contribution in [-0.4, -0.2) is 6.16 Å². The van der Waals surface area contributed by atoms with Gasteiger partial charge >= 0.3 is 0 Å². The quantitative estimate of drug-likeness (QED) is 0.372. The van der Waals surface area contributed by atoms with E-state index in [1.54, 1.807) is 5.32 Å². The number of hydrogen-bond acceptors (Lipinski definition) is 3. The number of nitriles is 2. The van der Waals surface area contributed by atoms with Gasteiger partial charge in [0, 0.05) is 0 Å². The van der Waals surface area contributed by atoms with Crippen molar-refractivity contribution in [2.45, 2.75) is 19.8 Å². The molecule has 1 atom stereocenters. The Balaban J connectivity index is 0. The summed E-state index contributed by atoms with van der Waals surface area (Å²) < 4.78 is 0. The van der Waals surface area contributed by atoms with Crippen LogP contribution in [0, 0.1) is 22.9 Å². The van der Waals surface area contributed by atoms with E-state index in [2.05, 4.69) is 16.2 Å². The average Bonchev–Trinajstić information content (AvgIpc) is 1.93. The van der Waals surface area contributed by atoms with Gasteiger partial charge in [-0.2, -0.15) is 10.5 Å². The van der Waals surface area contributed by atoms with Crippen LogP contribution in [0.3, 0.4) is 0 Å². The largest absolute Gasteiger partial charge is 0.229 e. The lowest BCUT2D eigenvalue weighted by atomic mass is 10.4. The Morgan fingerprint density at radius 2 is 1.90 bits per heavy atom. The fourth-order valence-electron chi connectivity index (χ4n) is 0.229. The molecular weight excluding hydrogens is 145 g/mol. The van der Waals surface area contributed by atoms with Crippen LogP contribution in [-0.2, 0) is 0 Å². The van der Waals surface area contributed by atoms with Crippen molar-refractivity contribution in [3.8, 4) is 12.4 Å². The number of unbranched alkanes of at least 4 members (excludes halogenated alkanes) is 1. The van der Waals surface area contributed by atoms with Crippen molar-refractivity contribution in [1.29, 1.82) is 10.5 Å². The lowest BCUT2D eigenvalue weighted by molar-refractivity contribution is 0.897. The number of nitrogens with one attached hydrogen (secondary N) is 1. The Labute approximate surface area is 64.2 Å². The minimum Gasteiger partial charge on any atom is -0.229 e. The molecule has 0 aliphatic heterocycles. The van der Waals surface area contributed by atoms with E-state index in [-0.39, 0.29) is 0 Å². The Morgan fingerprint density at radius 3 is 1.90 bits per heavy atom. The van der Waals surface area contributed by atoms with Gasteiger partial charge in [0.05, 0.1) is 0 Å². The smallest absolute Gasteiger partial charge is 0.190 e. The summed E-state index contributed by atoms with van der Waals surface area (Å²) in [7, 11) is 2.70. The van der Waals surface area contributed by atoms with Crippen LogP contribution in [0.4, 0.5) is 0 Å². The summed E-state index contributed by atoms with van der Waals surface area (Å²) in [6.07, 6.45) is 6.75. The zero-order valence-electron chi connectivity index (χ0n) is 6.09. The summed E-state index contributed by atoms with van der Waals surface area (Å²) in [6, 6.07) is 0. The zero-order chi connectivity index (χ0) is 8.24. The standard InChI is InChI=1S/C4H11P.C2HN3/c1-2-3-4-5;3-1-5-2-4/h2-5H2,1H3;5H. The minimum absolute atomic E-state index is 1.26. The molecule has 4 heteroatoms. The van der Waals surface area contributed by atoms with Gasteiger partial charge in [-0.25, -0.2) is 5.32 Å². The second-order valence-corrected chi connectivity index (χ2v) is 2.07. The molecule has 0 heterocycles. The van der Waals surface area contributed by atoms with Crippen LogP contribution in [0.5, 0.6) is 0 Å². The maximum Gasteiger partial charge on any atom is 0.190 e. The number of hydrogen-bond donors (Lipinski definition) is 1. The van der Waals surface area contributed by atoms with E-state index in [0.717, 1.165) is 0 Å². The molecule has 1 N–H and O–H groups in total. The summed E-state index contributed by atoms with van der Waals surface area (Å²) in [5, 5.41) is 16.7. The maximum absolute atomic E-state index is 7.48. The van der Waals surface area contributed by atoms with Crippen LogP contribution >= 0.6 is 9.24 Å². The van der Waals surface area contributed by atoms with Crippen LogP contribution in [0.2, 0.25) is 0 Å². The minimum atomic E-state index is 1.26. The molecule has 56 valence electrons. The predicted molar refractivity (Wildman–Crippen MR) is 43.8 cm³/mol. The summed E-state index contributed by atoms with van der Waals surface area (Å²) >= 11 is 0. The summed E-state index contributed by atoms with van der Waals surface area (Å²) in [6.45, 7) is 2.20. The van der Waals surface area contributed by atoms with Crippen molar-refractivity contribution < 1.29 is 0 Å². The van der Waals surface area contributed by atoms with Crippen molar-refractivity contribution >= 4 is 9.24 Å². The summed E-state index contributed by atoms with van der Waals surface area (Å²) in [5.74, 6) is 0. The first-order chi connectivity index (χ1) is 4.83. The van der Waals surface area contributed by atoms with E-state index in [1.165, 1.54) is 31.4 Å². The first kappa shape index (κ1) is 11.9. The Kier molecular flexibility index (Phi) is 18.8. The predicted octanol–water partition coefficient (Wildman–Crippen LogP) is 1.20. The third-order valence-electron chi connectivity index (χ3n) is 0.669. The highest BCUT2D eigenvalue weighted by molar-refractivity contribution is 7.16. The van der Waals surface area contributed by atoms with Crippen molar-refractivity contribution in [3.05, 3.63) is 0 Å². The van der Waals surface area contributed by atoms with Crippen LogP contribution in [0.1, 0.15) is 19.8 Å². The average molecular weight is 157 g/mol. The van der Waals surface area contributed by atoms with Crippen LogP contribution in [0.15, 0.2) is 0 Å². The molecule has 0 radical (unpaired) electrons. The Hall–Kier alpha value is -0.790. The fraction of sp³-hybridized carbons (Fsp3) is 0.667. The highest BCUT2D eigenvalue weighted by atomic mass is 31.0. The molecular formula is C6H12N3P. The van der Waals surface area contributed by atoms with Gasteiger partial charge in [0.15, 0.2) is 12.4 Å². The first-order valence-electron chi connectivity index (χ1n) is 3.06. The normalized spacial score (nSPS) is 6.00. The van der Waals surface area contributed by atoms with Gasteiger partial charge in [-0.3, -0.25) is 0 Å². The Bertz CT molecular complexity index is 108. The molecule has 0 aliphatic rings. The topological polar surface area (TPSA) is 59.6 Å². The van der Waals surface area contributed by atoms with Crippen molar-refractivity contribution in [2.24, 2.45) is 0 Å². The molecule has 0 aromatic rings. The molecule has 0 rings (SSSR count). The molecule has 1 unspecified atom stereocenters. The molecule has 0 aromatic carbocycles. The van der Waals surface area contributed by atoms with Gasteiger partial charge < -0.3 is 0 Å². The van der Waals surface area contributed by atoms with Crippen LogP contribution < -0.4 is 5.32 Å². The molecule has 0 saturated heterocycles. The molecule has 0 aromatic heterocycles. The third-order valence-corrected chi connectivity index (χ3v) is 1.08. The van der Waals surface area contributed by atoms with Gasteiger partial charge in [0.1, 0.15) is 0 Å². The highest BCUT2D eigenvalue weighted by Gasteiger charge is 1.68. The van der Waals surface area contributed by atoms with Gasteiger partial charge in [0.25, 0.3) is 0 Å². The van der Waals surface area contributed by atoms with E-state index in [1.807, 2.05) is 0 Å². The molecule has 10 heavy (non-hydrogen) atoms. The van der Waals surface area contributed by atoms with Crippen molar-refractivity contribution in [2.75, 3.05) is 6.16 Å². The molecule has 0 saturated carbocycles. The molecule has 0 aliphatic carbocycles. The number of rotatable bonds is 2. The number of nitrogens with zero attached hydrogens (tertiary/aromatic N) is 2.